The first-order valence-corrected chi connectivity index (χ1v) is 5.78. The van der Waals surface area contributed by atoms with Crippen molar-refractivity contribution in [1.82, 2.24) is 10.2 Å². The molecule has 0 bridgehead atoms. The molecule has 4 heteroatoms. The Morgan fingerprint density at radius 3 is 2.75 bits per heavy atom. The van der Waals surface area contributed by atoms with E-state index in [1.807, 2.05) is 6.08 Å². The van der Waals surface area contributed by atoms with Gasteiger partial charge in [-0.3, -0.25) is 4.79 Å². The van der Waals surface area contributed by atoms with E-state index in [0.29, 0.717) is 6.42 Å². The maximum atomic E-state index is 11.2. The van der Waals surface area contributed by atoms with Crippen LogP contribution in [0.3, 0.4) is 0 Å². The van der Waals surface area contributed by atoms with Crippen LogP contribution >= 0.6 is 0 Å². The van der Waals surface area contributed by atoms with Crippen molar-refractivity contribution in [3.05, 3.63) is 12.7 Å². The molecule has 0 aromatic rings. The molecule has 0 aliphatic heterocycles. The number of hydrogen-bond acceptors (Lipinski definition) is 3. The third-order valence-electron chi connectivity index (χ3n) is 2.13. The molecule has 0 atom stereocenters. The van der Waals surface area contributed by atoms with E-state index in [2.05, 4.69) is 11.9 Å². The fraction of sp³-hybridized carbons (Fsp3) is 0.750. The summed E-state index contributed by atoms with van der Waals surface area (Å²) < 4.78 is 5.33. The van der Waals surface area contributed by atoms with Crippen LogP contribution < -0.4 is 5.32 Å². The topological polar surface area (TPSA) is 41.6 Å². The Morgan fingerprint density at radius 1 is 1.38 bits per heavy atom. The highest BCUT2D eigenvalue weighted by atomic mass is 16.5. The Hall–Kier alpha value is -0.870. The van der Waals surface area contributed by atoms with Crippen molar-refractivity contribution in [3.63, 3.8) is 0 Å². The average Bonchev–Trinajstić information content (AvgIpc) is 2.26. The predicted octanol–water partition coefficient (Wildman–Crippen LogP) is 1.04. The molecule has 0 fully saturated rings. The summed E-state index contributed by atoms with van der Waals surface area (Å²) >= 11 is 0. The number of amides is 1. The molecule has 0 saturated carbocycles. The lowest BCUT2D eigenvalue weighted by molar-refractivity contribution is -0.128. The standard InChI is InChI=1S/C12H24N2O2/c1-4-5-10-16-11-9-13-8-6-7-12(15)14(2)3/h4,13H,1,5-11H2,2-3H3. The van der Waals surface area contributed by atoms with E-state index in [4.69, 9.17) is 4.74 Å². The zero-order valence-corrected chi connectivity index (χ0v) is 10.5. The second kappa shape index (κ2) is 10.6. The van der Waals surface area contributed by atoms with Crippen molar-refractivity contribution >= 4 is 5.91 Å². The van der Waals surface area contributed by atoms with Crippen molar-refractivity contribution < 1.29 is 9.53 Å². The predicted molar refractivity (Wildman–Crippen MR) is 66.4 cm³/mol. The second-order valence-electron chi connectivity index (χ2n) is 3.83. The van der Waals surface area contributed by atoms with Crippen molar-refractivity contribution in [2.75, 3.05) is 40.4 Å². The highest BCUT2D eigenvalue weighted by molar-refractivity contribution is 5.75. The Morgan fingerprint density at radius 2 is 2.12 bits per heavy atom. The van der Waals surface area contributed by atoms with Gasteiger partial charge in [-0.15, -0.1) is 6.58 Å². The van der Waals surface area contributed by atoms with Gasteiger partial charge in [-0.05, 0) is 19.4 Å². The van der Waals surface area contributed by atoms with Gasteiger partial charge in [0.15, 0.2) is 0 Å². The average molecular weight is 228 g/mol. The number of nitrogens with zero attached hydrogens (tertiary/aromatic N) is 1. The van der Waals surface area contributed by atoms with E-state index < -0.39 is 0 Å². The van der Waals surface area contributed by atoms with Gasteiger partial charge >= 0.3 is 0 Å². The smallest absolute Gasteiger partial charge is 0.222 e. The fourth-order valence-corrected chi connectivity index (χ4v) is 1.13. The van der Waals surface area contributed by atoms with Gasteiger partial charge in [-0.1, -0.05) is 6.08 Å². The molecule has 0 saturated heterocycles. The Labute approximate surface area is 98.6 Å². The summed E-state index contributed by atoms with van der Waals surface area (Å²) in [7, 11) is 3.56. The molecular weight excluding hydrogens is 204 g/mol. The van der Waals surface area contributed by atoms with E-state index in [9.17, 15) is 4.79 Å². The first-order valence-electron chi connectivity index (χ1n) is 5.78. The molecule has 0 heterocycles. The zero-order valence-electron chi connectivity index (χ0n) is 10.5. The first-order chi connectivity index (χ1) is 7.68. The van der Waals surface area contributed by atoms with Crippen molar-refractivity contribution in [2.24, 2.45) is 0 Å². The summed E-state index contributed by atoms with van der Waals surface area (Å²) in [5.41, 5.74) is 0. The number of carbonyl (C=O) groups is 1. The molecule has 0 aromatic heterocycles. The number of carbonyl (C=O) groups excluding carboxylic acids is 1. The summed E-state index contributed by atoms with van der Waals surface area (Å²) in [4.78, 5) is 12.8. The van der Waals surface area contributed by atoms with Gasteiger partial charge < -0.3 is 15.0 Å². The van der Waals surface area contributed by atoms with Gasteiger partial charge in [0, 0.05) is 27.1 Å². The number of ether oxygens (including phenoxy) is 1. The highest BCUT2D eigenvalue weighted by Crippen LogP contribution is 1.91. The molecule has 4 nitrogen and oxygen atoms in total. The minimum atomic E-state index is 0.184. The lowest BCUT2D eigenvalue weighted by Gasteiger charge is -2.10. The van der Waals surface area contributed by atoms with E-state index in [-0.39, 0.29) is 5.91 Å². The highest BCUT2D eigenvalue weighted by Gasteiger charge is 2.01. The largest absolute Gasteiger partial charge is 0.380 e. The molecule has 0 spiro atoms. The molecular formula is C12H24N2O2. The minimum absolute atomic E-state index is 0.184. The third kappa shape index (κ3) is 9.68. The quantitative estimate of drug-likeness (QED) is 0.449. The maximum Gasteiger partial charge on any atom is 0.222 e. The van der Waals surface area contributed by atoms with Crippen LogP contribution in [0.15, 0.2) is 12.7 Å². The lowest BCUT2D eigenvalue weighted by Crippen LogP contribution is -2.25. The van der Waals surface area contributed by atoms with E-state index >= 15 is 0 Å². The molecule has 16 heavy (non-hydrogen) atoms. The molecule has 1 amide bonds. The summed E-state index contributed by atoms with van der Waals surface area (Å²) in [5, 5.41) is 3.24. The van der Waals surface area contributed by atoms with Crippen LogP contribution in [0.25, 0.3) is 0 Å². The van der Waals surface area contributed by atoms with Gasteiger partial charge in [0.2, 0.25) is 5.91 Å². The summed E-state index contributed by atoms with van der Waals surface area (Å²) in [6.07, 6.45) is 4.23. The van der Waals surface area contributed by atoms with E-state index in [1.165, 1.54) is 0 Å². The molecule has 0 aliphatic carbocycles. The van der Waals surface area contributed by atoms with Gasteiger partial charge in [0.05, 0.1) is 13.2 Å². The summed E-state index contributed by atoms with van der Waals surface area (Å²) in [5.74, 6) is 0.184. The molecule has 0 rings (SSSR count). The Balaban J connectivity index is 3.09. The molecule has 0 aromatic carbocycles. The van der Waals surface area contributed by atoms with E-state index in [1.54, 1.807) is 19.0 Å². The van der Waals surface area contributed by atoms with Crippen molar-refractivity contribution in [1.29, 1.82) is 0 Å². The van der Waals surface area contributed by atoms with Crippen LogP contribution in [0.2, 0.25) is 0 Å². The Bertz CT molecular complexity index is 193. The van der Waals surface area contributed by atoms with Crippen LogP contribution in [0.5, 0.6) is 0 Å². The van der Waals surface area contributed by atoms with Crippen LogP contribution in [-0.2, 0) is 9.53 Å². The second-order valence-corrected chi connectivity index (χ2v) is 3.83. The summed E-state index contributed by atoms with van der Waals surface area (Å²) in [6.45, 7) is 6.78. The fourth-order valence-electron chi connectivity index (χ4n) is 1.13. The molecule has 0 aliphatic rings. The SMILES string of the molecule is C=CCCOCCNCCCC(=O)N(C)C. The number of hydrogen-bond donors (Lipinski definition) is 1. The normalized spacial score (nSPS) is 10.1. The first kappa shape index (κ1) is 15.1. The molecule has 0 unspecified atom stereocenters. The van der Waals surface area contributed by atoms with Gasteiger partial charge in [0.25, 0.3) is 0 Å². The minimum Gasteiger partial charge on any atom is -0.380 e. The molecule has 94 valence electrons. The zero-order chi connectivity index (χ0) is 12.2. The Kier molecular flexibility index (Phi) is 10.1. The monoisotopic (exact) mass is 228 g/mol. The van der Waals surface area contributed by atoms with Gasteiger partial charge in [-0.2, -0.15) is 0 Å². The van der Waals surface area contributed by atoms with E-state index in [0.717, 1.165) is 39.1 Å². The van der Waals surface area contributed by atoms with Gasteiger partial charge in [-0.25, -0.2) is 0 Å². The summed E-state index contributed by atoms with van der Waals surface area (Å²) in [6, 6.07) is 0. The van der Waals surface area contributed by atoms with Crippen LogP contribution in [0, 0.1) is 0 Å². The number of nitrogens with one attached hydrogen (secondary N) is 1. The third-order valence-corrected chi connectivity index (χ3v) is 2.13. The van der Waals surface area contributed by atoms with Crippen LogP contribution in [0.1, 0.15) is 19.3 Å². The van der Waals surface area contributed by atoms with Crippen LogP contribution in [-0.4, -0.2) is 51.2 Å². The van der Waals surface area contributed by atoms with Gasteiger partial charge in [0.1, 0.15) is 0 Å². The van der Waals surface area contributed by atoms with Crippen LogP contribution in [0.4, 0.5) is 0 Å². The lowest BCUT2D eigenvalue weighted by atomic mass is 10.3. The number of rotatable bonds is 10. The van der Waals surface area contributed by atoms with Crippen molar-refractivity contribution in [2.45, 2.75) is 19.3 Å². The van der Waals surface area contributed by atoms with Crippen molar-refractivity contribution in [3.8, 4) is 0 Å². The molecule has 1 N–H and O–H groups in total. The maximum absolute atomic E-state index is 11.2. The molecule has 0 radical (unpaired) electrons.